The van der Waals surface area contributed by atoms with Crippen molar-refractivity contribution in [2.45, 2.75) is 57.7 Å². The van der Waals surface area contributed by atoms with Crippen molar-refractivity contribution in [3.63, 3.8) is 0 Å². The van der Waals surface area contributed by atoms with E-state index < -0.39 is 11.7 Å². The standard InChI is InChI=1S/C13H19F3N4/c1-7-8(17)18-10(11(2,3)4)19-9(7)20-12(5-6-12)13(14,15)16/h5-6H2,1-4H3,(H3,17,18,19,20). The lowest BCUT2D eigenvalue weighted by molar-refractivity contribution is -0.151. The Morgan fingerprint density at radius 1 is 1.15 bits per heavy atom. The molecule has 0 atom stereocenters. The zero-order chi connectivity index (χ0) is 15.3. The zero-order valence-electron chi connectivity index (χ0n) is 12.0. The van der Waals surface area contributed by atoms with E-state index in [1.807, 2.05) is 20.8 Å². The van der Waals surface area contributed by atoms with Crippen LogP contribution in [0.3, 0.4) is 0 Å². The third-order valence-corrected chi connectivity index (χ3v) is 3.50. The van der Waals surface area contributed by atoms with Crippen LogP contribution in [0.5, 0.6) is 0 Å². The van der Waals surface area contributed by atoms with Crippen LogP contribution in [0.15, 0.2) is 0 Å². The number of nitrogen functional groups attached to an aromatic ring is 1. The summed E-state index contributed by atoms with van der Waals surface area (Å²) in [7, 11) is 0. The molecule has 0 aromatic carbocycles. The van der Waals surface area contributed by atoms with Crippen LogP contribution < -0.4 is 11.1 Å². The predicted octanol–water partition coefficient (Wildman–Crippen LogP) is 3.17. The lowest BCUT2D eigenvalue weighted by atomic mass is 9.95. The Hall–Kier alpha value is -1.53. The number of aromatic nitrogens is 2. The SMILES string of the molecule is Cc1c(N)nc(C(C)(C)C)nc1NC1(C(F)(F)F)CC1. The van der Waals surface area contributed by atoms with Gasteiger partial charge in [0.2, 0.25) is 0 Å². The van der Waals surface area contributed by atoms with Crippen LogP contribution in [0, 0.1) is 6.92 Å². The maximum absolute atomic E-state index is 13.0. The van der Waals surface area contributed by atoms with Crippen LogP contribution in [0.1, 0.15) is 45.0 Å². The maximum Gasteiger partial charge on any atom is 0.411 e. The van der Waals surface area contributed by atoms with E-state index >= 15 is 0 Å². The number of hydrogen-bond donors (Lipinski definition) is 2. The van der Waals surface area contributed by atoms with E-state index in [1.165, 1.54) is 0 Å². The second kappa shape index (κ2) is 4.23. The molecule has 0 aliphatic heterocycles. The Kier molecular flexibility index (Phi) is 3.15. The molecule has 0 amide bonds. The summed E-state index contributed by atoms with van der Waals surface area (Å²) in [6.07, 6.45) is -4.17. The first kappa shape index (κ1) is 14.9. The molecule has 1 fully saturated rings. The molecule has 1 aromatic rings. The van der Waals surface area contributed by atoms with Crippen LogP contribution in [-0.4, -0.2) is 21.7 Å². The molecule has 2 rings (SSSR count). The molecule has 0 unspecified atom stereocenters. The molecule has 3 N–H and O–H groups in total. The third-order valence-electron chi connectivity index (χ3n) is 3.50. The minimum absolute atomic E-state index is 0.0602. The molecule has 0 spiro atoms. The molecule has 1 aromatic heterocycles. The summed E-state index contributed by atoms with van der Waals surface area (Å²) in [5, 5.41) is 2.53. The molecule has 0 bridgehead atoms. The van der Waals surface area contributed by atoms with Gasteiger partial charge < -0.3 is 11.1 Å². The highest BCUT2D eigenvalue weighted by Gasteiger charge is 2.63. The number of nitrogens with two attached hydrogens (primary N) is 1. The van der Waals surface area contributed by atoms with Crippen molar-refractivity contribution < 1.29 is 13.2 Å². The molecule has 7 heteroatoms. The van der Waals surface area contributed by atoms with Crippen molar-refractivity contribution in [2.75, 3.05) is 11.1 Å². The average Bonchev–Trinajstić information content (AvgIpc) is 3.03. The van der Waals surface area contributed by atoms with E-state index in [0.29, 0.717) is 11.4 Å². The maximum atomic E-state index is 13.0. The molecule has 0 saturated heterocycles. The van der Waals surface area contributed by atoms with Crippen molar-refractivity contribution >= 4 is 11.6 Å². The largest absolute Gasteiger partial charge is 0.411 e. The summed E-state index contributed by atoms with van der Waals surface area (Å²) >= 11 is 0. The van der Waals surface area contributed by atoms with Gasteiger partial charge in [-0.2, -0.15) is 13.2 Å². The van der Waals surface area contributed by atoms with E-state index in [2.05, 4.69) is 15.3 Å². The van der Waals surface area contributed by atoms with Gasteiger partial charge in [-0.1, -0.05) is 20.8 Å². The van der Waals surface area contributed by atoms with Gasteiger partial charge in [-0.3, -0.25) is 0 Å². The van der Waals surface area contributed by atoms with Gasteiger partial charge in [0.1, 0.15) is 23.0 Å². The average molecular weight is 288 g/mol. The van der Waals surface area contributed by atoms with Gasteiger partial charge in [-0.25, -0.2) is 9.97 Å². The highest BCUT2D eigenvalue weighted by atomic mass is 19.4. The Labute approximate surface area is 116 Å². The molecule has 1 aliphatic carbocycles. The van der Waals surface area contributed by atoms with Gasteiger partial charge in [-0.15, -0.1) is 0 Å². The number of rotatable bonds is 2. The molecular formula is C13H19F3N4. The third kappa shape index (κ3) is 2.53. The summed E-state index contributed by atoms with van der Waals surface area (Å²) < 4.78 is 39.0. The lowest BCUT2D eigenvalue weighted by Crippen LogP contribution is -2.39. The van der Waals surface area contributed by atoms with Crippen LogP contribution in [0.25, 0.3) is 0 Å². The fourth-order valence-electron chi connectivity index (χ4n) is 1.82. The molecule has 1 heterocycles. The quantitative estimate of drug-likeness (QED) is 0.877. The Morgan fingerprint density at radius 2 is 1.70 bits per heavy atom. The smallest absolute Gasteiger partial charge is 0.383 e. The Balaban J connectivity index is 2.40. The molecule has 1 aliphatic rings. The highest BCUT2D eigenvalue weighted by molar-refractivity contribution is 5.57. The second-order valence-electron chi connectivity index (χ2n) is 6.36. The second-order valence-corrected chi connectivity index (χ2v) is 6.36. The zero-order valence-corrected chi connectivity index (χ0v) is 12.0. The van der Waals surface area contributed by atoms with Crippen LogP contribution in [0.4, 0.5) is 24.8 Å². The fraction of sp³-hybridized carbons (Fsp3) is 0.692. The monoisotopic (exact) mass is 288 g/mol. The van der Waals surface area contributed by atoms with E-state index in [-0.39, 0.29) is 29.9 Å². The van der Waals surface area contributed by atoms with E-state index in [4.69, 9.17) is 5.73 Å². The number of nitrogens with one attached hydrogen (secondary N) is 1. The normalized spacial score (nSPS) is 17.9. The van der Waals surface area contributed by atoms with Gasteiger partial charge >= 0.3 is 6.18 Å². The van der Waals surface area contributed by atoms with Gasteiger partial charge in [0.05, 0.1) is 0 Å². The summed E-state index contributed by atoms with van der Waals surface area (Å²) in [4.78, 5) is 8.40. The molecule has 20 heavy (non-hydrogen) atoms. The predicted molar refractivity (Wildman–Crippen MR) is 71.5 cm³/mol. The van der Waals surface area contributed by atoms with Crippen molar-refractivity contribution in [3.8, 4) is 0 Å². The van der Waals surface area contributed by atoms with Gasteiger partial charge in [-0.05, 0) is 19.8 Å². The topological polar surface area (TPSA) is 63.8 Å². The van der Waals surface area contributed by atoms with Crippen LogP contribution in [-0.2, 0) is 5.41 Å². The minimum atomic E-state index is -4.29. The summed E-state index contributed by atoms with van der Waals surface area (Å²) in [5.41, 5.74) is 4.01. The molecule has 4 nitrogen and oxygen atoms in total. The number of anilines is 2. The highest BCUT2D eigenvalue weighted by Crippen LogP contribution is 2.51. The number of alkyl halides is 3. The number of nitrogens with zero attached hydrogens (tertiary/aromatic N) is 2. The number of hydrogen-bond acceptors (Lipinski definition) is 4. The van der Waals surface area contributed by atoms with Crippen LogP contribution >= 0.6 is 0 Å². The fourth-order valence-corrected chi connectivity index (χ4v) is 1.82. The van der Waals surface area contributed by atoms with Gasteiger partial charge in [0.25, 0.3) is 0 Å². The summed E-state index contributed by atoms with van der Waals surface area (Å²) in [5.74, 6) is 0.823. The van der Waals surface area contributed by atoms with Crippen molar-refractivity contribution in [1.82, 2.24) is 9.97 Å². The van der Waals surface area contributed by atoms with E-state index in [1.54, 1.807) is 6.92 Å². The van der Waals surface area contributed by atoms with Crippen molar-refractivity contribution in [2.24, 2.45) is 0 Å². The van der Waals surface area contributed by atoms with E-state index in [9.17, 15) is 13.2 Å². The molecular weight excluding hydrogens is 269 g/mol. The number of halogens is 3. The molecule has 0 radical (unpaired) electrons. The first-order valence-electron chi connectivity index (χ1n) is 6.46. The minimum Gasteiger partial charge on any atom is -0.383 e. The summed E-state index contributed by atoms with van der Waals surface area (Å²) in [6, 6.07) is 0. The first-order valence-corrected chi connectivity index (χ1v) is 6.46. The molecule has 1 saturated carbocycles. The molecule has 112 valence electrons. The van der Waals surface area contributed by atoms with E-state index in [0.717, 1.165) is 0 Å². The lowest BCUT2D eigenvalue weighted by Gasteiger charge is -2.24. The Morgan fingerprint density at radius 3 is 2.10 bits per heavy atom. The first-order chi connectivity index (χ1) is 8.96. The Bertz CT molecular complexity index is 528. The van der Waals surface area contributed by atoms with Crippen molar-refractivity contribution in [3.05, 3.63) is 11.4 Å². The van der Waals surface area contributed by atoms with Crippen LogP contribution in [0.2, 0.25) is 0 Å². The summed E-state index contributed by atoms with van der Waals surface area (Å²) in [6.45, 7) is 7.28. The van der Waals surface area contributed by atoms with Gasteiger partial charge in [0.15, 0.2) is 0 Å². The van der Waals surface area contributed by atoms with Crippen molar-refractivity contribution in [1.29, 1.82) is 0 Å². The van der Waals surface area contributed by atoms with Gasteiger partial charge in [0, 0.05) is 11.0 Å².